The highest BCUT2D eigenvalue weighted by Gasteiger charge is 2.30. The standard InChI is InChI=1S/C15H21F2N3O/c1-3-10-9-19(2)7-4-8-20(10)15(21)13-11(16)5-6-12(18)14(13)17/h5-6,10H,3-4,7-9,18H2,1-2H3. The molecule has 2 N–H and O–H groups in total. The molecule has 1 aromatic rings. The highest BCUT2D eigenvalue weighted by atomic mass is 19.1. The fourth-order valence-electron chi connectivity index (χ4n) is 2.77. The quantitative estimate of drug-likeness (QED) is 0.851. The lowest BCUT2D eigenvalue weighted by Crippen LogP contribution is -2.44. The summed E-state index contributed by atoms with van der Waals surface area (Å²) in [5.41, 5.74) is 4.70. The van der Waals surface area contributed by atoms with Gasteiger partial charge in [-0.2, -0.15) is 0 Å². The molecule has 1 amide bonds. The Bertz CT molecular complexity index is 536. The van der Waals surface area contributed by atoms with Gasteiger partial charge in [-0.05, 0) is 38.6 Å². The van der Waals surface area contributed by atoms with Crippen LogP contribution < -0.4 is 5.73 Å². The molecule has 0 aliphatic carbocycles. The number of benzene rings is 1. The van der Waals surface area contributed by atoms with Crippen LogP contribution >= 0.6 is 0 Å². The average Bonchev–Trinajstić information content (AvgIpc) is 2.64. The molecule has 4 nitrogen and oxygen atoms in total. The van der Waals surface area contributed by atoms with Crippen LogP contribution in [0.2, 0.25) is 0 Å². The van der Waals surface area contributed by atoms with Crippen molar-refractivity contribution >= 4 is 11.6 Å². The first-order valence-corrected chi connectivity index (χ1v) is 7.18. The predicted molar refractivity (Wildman–Crippen MR) is 78.0 cm³/mol. The van der Waals surface area contributed by atoms with Gasteiger partial charge in [-0.15, -0.1) is 0 Å². The first kappa shape index (κ1) is 15.7. The smallest absolute Gasteiger partial charge is 0.260 e. The van der Waals surface area contributed by atoms with Crippen molar-refractivity contribution < 1.29 is 13.6 Å². The van der Waals surface area contributed by atoms with Crippen LogP contribution in [0.5, 0.6) is 0 Å². The molecule has 1 aliphatic rings. The zero-order chi connectivity index (χ0) is 15.6. The Hall–Kier alpha value is -1.69. The molecule has 21 heavy (non-hydrogen) atoms. The summed E-state index contributed by atoms with van der Waals surface area (Å²) < 4.78 is 27.9. The maximum atomic E-state index is 14.1. The Kier molecular flexibility index (Phi) is 4.77. The van der Waals surface area contributed by atoms with Gasteiger partial charge in [-0.1, -0.05) is 6.92 Å². The van der Waals surface area contributed by atoms with Crippen LogP contribution in [0, 0.1) is 11.6 Å². The summed E-state index contributed by atoms with van der Waals surface area (Å²) in [6.45, 7) is 4.03. The Morgan fingerprint density at radius 1 is 1.38 bits per heavy atom. The van der Waals surface area contributed by atoms with E-state index in [1.54, 1.807) is 4.90 Å². The van der Waals surface area contributed by atoms with Crippen molar-refractivity contribution in [2.75, 3.05) is 32.4 Å². The normalized spacial score (nSPS) is 20.4. The molecule has 2 rings (SSSR count). The molecule has 1 unspecified atom stereocenters. The van der Waals surface area contributed by atoms with Gasteiger partial charge >= 0.3 is 0 Å². The molecule has 1 aliphatic heterocycles. The zero-order valence-corrected chi connectivity index (χ0v) is 12.4. The highest BCUT2D eigenvalue weighted by Crippen LogP contribution is 2.23. The number of halogens is 2. The third-order valence-corrected chi connectivity index (χ3v) is 3.97. The van der Waals surface area contributed by atoms with E-state index in [1.807, 2.05) is 14.0 Å². The van der Waals surface area contributed by atoms with Gasteiger partial charge in [0.25, 0.3) is 5.91 Å². The monoisotopic (exact) mass is 297 g/mol. The molecule has 6 heteroatoms. The summed E-state index contributed by atoms with van der Waals surface area (Å²) in [7, 11) is 1.98. The first-order chi connectivity index (χ1) is 9.95. The second-order valence-corrected chi connectivity index (χ2v) is 5.50. The number of amides is 1. The van der Waals surface area contributed by atoms with Crippen LogP contribution in [0.25, 0.3) is 0 Å². The van der Waals surface area contributed by atoms with Crippen molar-refractivity contribution in [3.05, 3.63) is 29.3 Å². The van der Waals surface area contributed by atoms with E-state index in [0.717, 1.165) is 31.5 Å². The van der Waals surface area contributed by atoms with Gasteiger partial charge in [-0.25, -0.2) is 8.78 Å². The van der Waals surface area contributed by atoms with Gasteiger partial charge in [0.15, 0.2) is 5.82 Å². The SMILES string of the molecule is CCC1CN(C)CCCN1C(=O)c1c(F)ccc(N)c1F. The predicted octanol–water partition coefficient (Wildman–Crippen LogP) is 2.10. The molecular weight excluding hydrogens is 276 g/mol. The number of likely N-dealkylation sites (N-methyl/N-ethyl adjacent to an activating group) is 1. The fraction of sp³-hybridized carbons (Fsp3) is 0.533. The number of carbonyl (C=O) groups is 1. The van der Waals surface area contributed by atoms with E-state index in [0.29, 0.717) is 13.1 Å². The van der Waals surface area contributed by atoms with E-state index >= 15 is 0 Å². The van der Waals surface area contributed by atoms with Crippen LogP contribution in [-0.2, 0) is 0 Å². The van der Waals surface area contributed by atoms with E-state index in [9.17, 15) is 13.6 Å². The molecule has 0 bridgehead atoms. The minimum absolute atomic E-state index is 0.0507. The van der Waals surface area contributed by atoms with Gasteiger partial charge in [-0.3, -0.25) is 4.79 Å². The fourth-order valence-corrected chi connectivity index (χ4v) is 2.77. The summed E-state index contributed by atoms with van der Waals surface area (Å²) in [6.07, 6.45) is 1.52. The Morgan fingerprint density at radius 3 is 2.76 bits per heavy atom. The van der Waals surface area contributed by atoms with Crippen LogP contribution in [0.4, 0.5) is 14.5 Å². The summed E-state index contributed by atoms with van der Waals surface area (Å²) in [4.78, 5) is 16.3. The molecule has 0 aromatic heterocycles. The lowest BCUT2D eigenvalue weighted by Gasteiger charge is -2.30. The number of rotatable bonds is 2. The molecule has 0 saturated carbocycles. The number of carbonyl (C=O) groups excluding carboxylic acids is 1. The van der Waals surface area contributed by atoms with Crippen LogP contribution in [-0.4, -0.2) is 48.4 Å². The number of nitrogens with two attached hydrogens (primary N) is 1. The number of anilines is 1. The van der Waals surface area contributed by atoms with Crippen LogP contribution in [0.3, 0.4) is 0 Å². The number of hydrogen-bond acceptors (Lipinski definition) is 3. The van der Waals surface area contributed by atoms with Crippen molar-refractivity contribution in [3.8, 4) is 0 Å². The Labute approximate surface area is 123 Å². The number of nitrogen functional groups attached to an aromatic ring is 1. The van der Waals surface area contributed by atoms with E-state index < -0.39 is 23.1 Å². The average molecular weight is 297 g/mol. The molecule has 0 spiro atoms. The largest absolute Gasteiger partial charge is 0.396 e. The second-order valence-electron chi connectivity index (χ2n) is 5.50. The minimum Gasteiger partial charge on any atom is -0.396 e. The third kappa shape index (κ3) is 3.15. The summed E-state index contributed by atoms with van der Waals surface area (Å²) >= 11 is 0. The molecule has 1 fully saturated rings. The van der Waals surface area contributed by atoms with E-state index in [4.69, 9.17) is 5.73 Å². The summed E-state index contributed by atoms with van der Waals surface area (Å²) in [6, 6.07) is 2.12. The van der Waals surface area contributed by atoms with Crippen LogP contribution in [0.15, 0.2) is 12.1 Å². The van der Waals surface area contributed by atoms with Gasteiger partial charge in [0.1, 0.15) is 11.4 Å². The maximum absolute atomic E-state index is 14.1. The molecule has 1 aromatic carbocycles. The van der Waals surface area contributed by atoms with E-state index in [-0.39, 0.29) is 11.7 Å². The number of hydrogen-bond donors (Lipinski definition) is 1. The van der Waals surface area contributed by atoms with Crippen LogP contribution in [0.1, 0.15) is 30.1 Å². The van der Waals surface area contributed by atoms with E-state index in [2.05, 4.69) is 4.90 Å². The molecule has 1 heterocycles. The van der Waals surface area contributed by atoms with Gasteiger partial charge in [0.2, 0.25) is 0 Å². The Morgan fingerprint density at radius 2 is 2.10 bits per heavy atom. The van der Waals surface area contributed by atoms with Gasteiger partial charge in [0.05, 0.1) is 5.69 Å². The highest BCUT2D eigenvalue weighted by molar-refractivity contribution is 5.96. The number of nitrogens with zero attached hydrogens (tertiary/aromatic N) is 2. The minimum atomic E-state index is -0.965. The lowest BCUT2D eigenvalue weighted by atomic mass is 10.1. The topological polar surface area (TPSA) is 49.6 Å². The molecule has 1 saturated heterocycles. The van der Waals surface area contributed by atoms with Crippen molar-refractivity contribution in [1.29, 1.82) is 0 Å². The second kappa shape index (κ2) is 6.39. The molecular formula is C15H21F2N3O. The Balaban J connectivity index is 2.36. The van der Waals surface area contributed by atoms with Crippen molar-refractivity contribution in [2.24, 2.45) is 0 Å². The molecule has 1 atom stereocenters. The van der Waals surface area contributed by atoms with Gasteiger partial charge < -0.3 is 15.5 Å². The van der Waals surface area contributed by atoms with Crippen molar-refractivity contribution in [1.82, 2.24) is 9.80 Å². The zero-order valence-electron chi connectivity index (χ0n) is 12.4. The van der Waals surface area contributed by atoms with Crippen molar-refractivity contribution in [2.45, 2.75) is 25.8 Å². The first-order valence-electron chi connectivity index (χ1n) is 7.18. The van der Waals surface area contributed by atoms with E-state index in [1.165, 1.54) is 0 Å². The lowest BCUT2D eigenvalue weighted by molar-refractivity contribution is 0.0666. The van der Waals surface area contributed by atoms with Gasteiger partial charge in [0, 0.05) is 19.1 Å². The summed E-state index contributed by atoms with van der Waals surface area (Å²) in [5.74, 6) is -2.44. The molecule has 0 radical (unpaired) electrons. The summed E-state index contributed by atoms with van der Waals surface area (Å²) in [5, 5.41) is 0. The third-order valence-electron chi connectivity index (χ3n) is 3.97. The molecule has 116 valence electrons. The maximum Gasteiger partial charge on any atom is 0.260 e. The van der Waals surface area contributed by atoms with Crippen molar-refractivity contribution in [3.63, 3.8) is 0 Å².